The molecule has 4 N–H and O–H groups in total. The van der Waals surface area contributed by atoms with E-state index in [0.29, 0.717) is 13.0 Å². The number of nitrogens with one attached hydrogen (secondary N) is 3. The Bertz CT molecular complexity index is 339. The molecule has 2 rings (SSSR count). The van der Waals surface area contributed by atoms with Gasteiger partial charge in [-0.2, -0.15) is 0 Å². The van der Waals surface area contributed by atoms with Crippen LogP contribution in [0, 0.1) is 0 Å². The molecule has 19 heavy (non-hydrogen) atoms. The van der Waals surface area contributed by atoms with Crippen molar-refractivity contribution in [1.82, 2.24) is 16.0 Å². The fourth-order valence-corrected chi connectivity index (χ4v) is 3.64. The monoisotopic (exact) mass is 269 g/mol. The first-order valence-electron chi connectivity index (χ1n) is 7.18. The maximum atomic E-state index is 12.2. The molecule has 0 saturated carbocycles. The molecule has 2 unspecified atom stereocenters. The maximum Gasteiger partial charge on any atom is 0.237 e. The van der Waals surface area contributed by atoms with E-state index < -0.39 is 6.10 Å². The van der Waals surface area contributed by atoms with Gasteiger partial charge >= 0.3 is 0 Å². The number of amides is 1. The number of β-amino-alcohol motifs (C(OH)–C–C–N with tert-alkyl or cyclic N) is 1. The van der Waals surface area contributed by atoms with Crippen molar-refractivity contribution >= 4 is 5.91 Å². The second-order valence-electron chi connectivity index (χ2n) is 7.36. The Hall–Kier alpha value is -0.650. The van der Waals surface area contributed by atoms with Crippen molar-refractivity contribution in [3.05, 3.63) is 0 Å². The van der Waals surface area contributed by atoms with E-state index in [2.05, 4.69) is 43.6 Å². The van der Waals surface area contributed by atoms with E-state index in [1.807, 2.05) is 0 Å². The molecule has 0 aliphatic carbocycles. The molecule has 0 aromatic rings. The predicted octanol–water partition coefficient (Wildman–Crippen LogP) is 0.135. The topological polar surface area (TPSA) is 73.4 Å². The van der Waals surface area contributed by atoms with E-state index in [1.54, 1.807) is 0 Å². The number of carbonyl (C=O) groups is 1. The summed E-state index contributed by atoms with van der Waals surface area (Å²) in [5.74, 6) is 0.0232. The average molecular weight is 269 g/mol. The highest BCUT2D eigenvalue weighted by molar-refractivity contribution is 5.82. The molecular weight excluding hydrogens is 242 g/mol. The summed E-state index contributed by atoms with van der Waals surface area (Å²) in [6.45, 7) is 9.20. The number of hydrogen-bond acceptors (Lipinski definition) is 4. The van der Waals surface area contributed by atoms with Crippen molar-refractivity contribution in [3.8, 4) is 0 Å². The van der Waals surface area contributed by atoms with Crippen LogP contribution in [0.25, 0.3) is 0 Å². The minimum atomic E-state index is -0.392. The minimum absolute atomic E-state index is 0.0232. The van der Waals surface area contributed by atoms with Gasteiger partial charge in [-0.1, -0.05) is 0 Å². The molecule has 110 valence electrons. The standard InChI is InChI=1S/C14H27N3O2/c1-13(2)6-9(7-14(3,4)17-13)16-12(19)11-5-10(18)8-15-11/h9-11,15,17-18H,5-8H2,1-4H3,(H,16,19). The molecule has 2 fully saturated rings. The van der Waals surface area contributed by atoms with Crippen LogP contribution in [-0.2, 0) is 4.79 Å². The molecule has 0 aromatic carbocycles. The summed E-state index contributed by atoms with van der Waals surface area (Å²) in [4.78, 5) is 12.2. The van der Waals surface area contributed by atoms with Crippen molar-refractivity contribution in [2.75, 3.05) is 6.54 Å². The second kappa shape index (κ2) is 5.04. The molecule has 0 spiro atoms. The summed E-state index contributed by atoms with van der Waals surface area (Å²) < 4.78 is 0. The van der Waals surface area contributed by atoms with Gasteiger partial charge < -0.3 is 21.1 Å². The van der Waals surface area contributed by atoms with Crippen LogP contribution in [0.2, 0.25) is 0 Å². The van der Waals surface area contributed by atoms with Crippen LogP contribution in [0.5, 0.6) is 0 Å². The quantitative estimate of drug-likeness (QED) is 0.575. The molecule has 1 amide bonds. The van der Waals surface area contributed by atoms with Crippen LogP contribution >= 0.6 is 0 Å². The van der Waals surface area contributed by atoms with Crippen LogP contribution in [0.15, 0.2) is 0 Å². The molecular formula is C14H27N3O2. The van der Waals surface area contributed by atoms with Crippen molar-refractivity contribution < 1.29 is 9.90 Å². The van der Waals surface area contributed by atoms with E-state index in [9.17, 15) is 9.90 Å². The fraction of sp³-hybridized carbons (Fsp3) is 0.929. The SMILES string of the molecule is CC1(C)CC(NC(=O)C2CC(O)CN2)CC(C)(C)N1. The number of aliphatic hydroxyl groups excluding tert-OH is 1. The van der Waals surface area contributed by atoms with Crippen molar-refractivity contribution in [2.24, 2.45) is 0 Å². The zero-order valence-electron chi connectivity index (χ0n) is 12.4. The van der Waals surface area contributed by atoms with E-state index in [1.165, 1.54) is 0 Å². The maximum absolute atomic E-state index is 12.2. The summed E-state index contributed by atoms with van der Waals surface area (Å²) >= 11 is 0. The van der Waals surface area contributed by atoms with E-state index in [4.69, 9.17) is 0 Å². The Morgan fingerprint density at radius 2 is 1.79 bits per heavy atom. The Kier molecular flexibility index (Phi) is 3.91. The minimum Gasteiger partial charge on any atom is -0.392 e. The number of aliphatic hydroxyl groups is 1. The lowest BCUT2D eigenvalue weighted by molar-refractivity contribution is -0.124. The van der Waals surface area contributed by atoms with E-state index in [-0.39, 0.29) is 29.1 Å². The third-order valence-corrected chi connectivity index (χ3v) is 3.96. The van der Waals surface area contributed by atoms with Crippen molar-refractivity contribution in [3.63, 3.8) is 0 Å². The van der Waals surface area contributed by atoms with Gasteiger partial charge in [0, 0.05) is 23.7 Å². The first-order chi connectivity index (χ1) is 8.67. The Morgan fingerprint density at radius 1 is 1.21 bits per heavy atom. The second-order valence-corrected chi connectivity index (χ2v) is 7.36. The lowest BCUT2D eigenvalue weighted by atomic mass is 9.79. The summed E-state index contributed by atoms with van der Waals surface area (Å²) in [6.07, 6.45) is 1.98. The van der Waals surface area contributed by atoms with Crippen LogP contribution in [0.3, 0.4) is 0 Å². The Labute approximate surface area is 115 Å². The number of piperidine rings is 1. The largest absolute Gasteiger partial charge is 0.392 e. The molecule has 5 nitrogen and oxygen atoms in total. The highest BCUT2D eigenvalue weighted by atomic mass is 16.3. The number of carbonyl (C=O) groups excluding carboxylic acids is 1. The van der Waals surface area contributed by atoms with Gasteiger partial charge in [-0.05, 0) is 47.0 Å². The number of hydrogen-bond donors (Lipinski definition) is 4. The van der Waals surface area contributed by atoms with Gasteiger partial charge in [0.05, 0.1) is 12.1 Å². The van der Waals surface area contributed by atoms with Gasteiger partial charge in [0.1, 0.15) is 0 Å². The zero-order valence-corrected chi connectivity index (χ0v) is 12.4. The molecule has 2 aliphatic heterocycles. The van der Waals surface area contributed by atoms with Gasteiger partial charge in [0.2, 0.25) is 5.91 Å². The van der Waals surface area contributed by atoms with Gasteiger partial charge in [-0.25, -0.2) is 0 Å². The zero-order chi connectivity index (χ0) is 14.3. The Balaban J connectivity index is 1.93. The summed E-state index contributed by atoms with van der Waals surface area (Å²) in [5.41, 5.74) is 0.0601. The first-order valence-corrected chi connectivity index (χ1v) is 7.18. The third-order valence-electron chi connectivity index (χ3n) is 3.96. The summed E-state index contributed by atoms with van der Waals surface area (Å²) in [7, 11) is 0. The molecule has 0 bridgehead atoms. The van der Waals surface area contributed by atoms with E-state index >= 15 is 0 Å². The van der Waals surface area contributed by atoms with E-state index in [0.717, 1.165) is 12.8 Å². The number of rotatable bonds is 2. The predicted molar refractivity (Wildman–Crippen MR) is 74.9 cm³/mol. The summed E-state index contributed by atoms with van der Waals surface area (Å²) in [6, 6.07) is -0.0468. The van der Waals surface area contributed by atoms with Gasteiger partial charge in [-0.15, -0.1) is 0 Å². The molecule has 5 heteroatoms. The normalized spacial score (nSPS) is 34.2. The fourth-order valence-electron chi connectivity index (χ4n) is 3.64. The smallest absolute Gasteiger partial charge is 0.237 e. The molecule has 2 atom stereocenters. The lowest BCUT2D eigenvalue weighted by Gasteiger charge is -2.46. The van der Waals surface area contributed by atoms with Gasteiger partial charge in [-0.3, -0.25) is 4.79 Å². The molecule has 2 heterocycles. The highest BCUT2D eigenvalue weighted by Crippen LogP contribution is 2.28. The van der Waals surface area contributed by atoms with Gasteiger partial charge in [0.25, 0.3) is 0 Å². The molecule has 2 aliphatic rings. The van der Waals surface area contributed by atoms with Crippen LogP contribution < -0.4 is 16.0 Å². The van der Waals surface area contributed by atoms with Crippen LogP contribution in [0.4, 0.5) is 0 Å². The third kappa shape index (κ3) is 3.91. The average Bonchev–Trinajstić information content (AvgIpc) is 2.59. The first kappa shape index (κ1) is 14.8. The van der Waals surface area contributed by atoms with Gasteiger partial charge in [0.15, 0.2) is 0 Å². The van der Waals surface area contributed by atoms with Crippen LogP contribution in [-0.4, -0.2) is 46.8 Å². The molecule has 2 saturated heterocycles. The highest BCUT2D eigenvalue weighted by Gasteiger charge is 2.39. The lowest BCUT2D eigenvalue weighted by Crippen LogP contribution is -2.63. The van der Waals surface area contributed by atoms with Crippen molar-refractivity contribution in [2.45, 2.75) is 76.2 Å². The molecule has 0 radical (unpaired) electrons. The van der Waals surface area contributed by atoms with Crippen LogP contribution in [0.1, 0.15) is 47.0 Å². The van der Waals surface area contributed by atoms with Crippen molar-refractivity contribution in [1.29, 1.82) is 0 Å². The summed E-state index contributed by atoms with van der Waals surface area (Å²) in [5, 5.41) is 19.3. The molecule has 0 aromatic heterocycles. The Morgan fingerprint density at radius 3 is 2.26 bits per heavy atom.